The molecule has 2 heterocycles. The van der Waals surface area contributed by atoms with Crippen molar-refractivity contribution in [2.75, 3.05) is 52.9 Å². The summed E-state index contributed by atoms with van der Waals surface area (Å²) in [5.74, 6) is 0.918. The van der Waals surface area contributed by atoms with Crippen LogP contribution in [0.2, 0.25) is 0 Å². The quantitative estimate of drug-likeness (QED) is 0.251. The van der Waals surface area contributed by atoms with Crippen LogP contribution in [0.3, 0.4) is 0 Å². The van der Waals surface area contributed by atoms with Crippen molar-refractivity contribution >= 4 is 29.9 Å². The van der Waals surface area contributed by atoms with E-state index in [1.165, 1.54) is 5.69 Å². The topological polar surface area (TPSA) is 60.7 Å². The zero-order chi connectivity index (χ0) is 18.9. The number of aromatic nitrogens is 2. The number of hydrogen-bond acceptors (Lipinski definition) is 4. The van der Waals surface area contributed by atoms with Gasteiger partial charge in [-0.2, -0.15) is 5.10 Å². The number of piperazine rings is 1. The molecular formula is C19H38IN7. The summed E-state index contributed by atoms with van der Waals surface area (Å²) in [6.45, 7) is 16.7. The molecule has 1 aliphatic rings. The predicted octanol–water partition coefficient (Wildman–Crippen LogP) is 1.70. The fourth-order valence-electron chi connectivity index (χ4n) is 3.28. The van der Waals surface area contributed by atoms with Gasteiger partial charge < -0.3 is 15.5 Å². The van der Waals surface area contributed by atoms with Crippen LogP contribution in [0.4, 0.5) is 0 Å². The molecule has 0 saturated carbocycles. The Morgan fingerprint density at radius 3 is 2.52 bits per heavy atom. The van der Waals surface area contributed by atoms with Crippen molar-refractivity contribution < 1.29 is 0 Å². The Morgan fingerprint density at radius 2 is 1.93 bits per heavy atom. The third-order valence-corrected chi connectivity index (χ3v) is 4.96. The van der Waals surface area contributed by atoms with Gasteiger partial charge >= 0.3 is 0 Å². The van der Waals surface area contributed by atoms with Crippen LogP contribution in [0.5, 0.6) is 0 Å². The third-order valence-electron chi connectivity index (χ3n) is 4.96. The molecule has 0 bridgehead atoms. The average molecular weight is 491 g/mol. The molecule has 7 nitrogen and oxygen atoms in total. The van der Waals surface area contributed by atoms with E-state index in [0.717, 1.165) is 70.4 Å². The number of halogens is 1. The van der Waals surface area contributed by atoms with Crippen molar-refractivity contribution in [3.63, 3.8) is 0 Å². The van der Waals surface area contributed by atoms with Gasteiger partial charge in [-0.1, -0.05) is 0 Å². The van der Waals surface area contributed by atoms with Gasteiger partial charge in [0.05, 0.1) is 12.2 Å². The van der Waals surface area contributed by atoms with Gasteiger partial charge in [-0.15, -0.1) is 24.0 Å². The van der Waals surface area contributed by atoms with Crippen LogP contribution in [-0.2, 0) is 6.54 Å². The summed E-state index contributed by atoms with van der Waals surface area (Å²) >= 11 is 0. The lowest BCUT2D eigenvalue weighted by Gasteiger charge is -2.35. The highest BCUT2D eigenvalue weighted by Gasteiger charge is 2.18. The molecule has 156 valence electrons. The predicted molar refractivity (Wildman–Crippen MR) is 124 cm³/mol. The number of nitrogens with zero attached hydrogens (tertiary/aromatic N) is 5. The van der Waals surface area contributed by atoms with Crippen LogP contribution >= 0.6 is 24.0 Å². The van der Waals surface area contributed by atoms with Gasteiger partial charge in [0, 0.05) is 57.5 Å². The summed E-state index contributed by atoms with van der Waals surface area (Å²) in [5, 5.41) is 11.3. The van der Waals surface area contributed by atoms with E-state index >= 15 is 0 Å². The van der Waals surface area contributed by atoms with Gasteiger partial charge in [0.2, 0.25) is 0 Å². The second-order valence-corrected chi connectivity index (χ2v) is 7.34. The second-order valence-electron chi connectivity index (χ2n) is 7.34. The lowest BCUT2D eigenvalue weighted by atomic mass is 10.2. The van der Waals surface area contributed by atoms with Gasteiger partial charge in [-0.3, -0.25) is 14.6 Å². The minimum absolute atomic E-state index is 0. The number of rotatable bonds is 8. The van der Waals surface area contributed by atoms with Crippen LogP contribution in [0.15, 0.2) is 11.1 Å². The summed E-state index contributed by atoms with van der Waals surface area (Å²) in [6, 6.07) is 2.60. The van der Waals surface area contributed by atoms with Crippen molar-refractivity contribution in [2.24, 2.45) is 4.99 Å². The first-order valence-electron chi connectivity index (χ1n) is 9.95. The highest BCUT2D eigenvalue weighted by Crippen LogP contribution is 2.05. The molecule has 1 unspecified atom stereocenters. The van der Waals surface area contributed by atoms with Crippen LogP contribution in [-0.4, -0.2) is 84.4 Å². The fraction of sp³-hybridized carbons (Fsp3) is 0.789. The van der Waals surface area contributed by atoms with E-state index in [2.05, 4.69) is 64.1 Å². The lowest BCUT2D eigenvalue weighted by Crippen LogP contribution is -2.49. The van der Waals surface area contributed by atoms with Crippen molar-refractivity contribution in [3.05, 3.63) is 17.5 Å². The van der Waals surface area contributed by atoms with E-state index in [-0.39, 0.29) is 24.0 Å². The minimum atomic E-state index is 0. The van der Waals surface area contributed by atoms with Gasteiger partial charge in [0.15, 0.2) is 5.96 Å². The molecule has 1 aliphatic heterocycles. The standard InChI is InChI=1S/C19H37N7.HI/c1-6-20-19(21-8-7-9-26-17(3)14-16(2)23-26)22-15-18(4)25-12-10-24(5)11-13-25;/h14,18H,6-13,15H2,1-5H3,(H2,20,21,22);1H. The van der Waals surface area contributed by atoms with E-state index in [4.69, 9.17) is 4.99 Å². The largest absolute Gasteiger partial charge is 0.357 e. The monoisotopic (exact) mass is 491 g/mol. The van der Waals surface area contributed by atoms with Gasteiger partial charge in [0.25, 0.3) is 0 Å². The van der Waals surface area contributed by atoms with Crippen LogP contribution in [0.25, 0.3) is 0 Å². The van der Waals surface area contributed by atoms with Crippen molar-refractivity contribution in [3.8, 4) is 0 Å². The molecule has 0 aliphatic carbocycles. The van der Waals surface area contributed by atoms with Gasteiger partial charge in [-0.05, 0) is 47.2 Å². The number of hydrogen-bond donors (Lipinski definition) is 2. The SMILES string of the molecule is CCNC(=NCC(C)N1CCN(C)CC1)NCCCn1nc(C)cc1C.I. The molecule has 0 aromatic carbocycles. The minimum Gasteiger partial charge on any atom is -0.357 e. The molecule has 27 heavy (non-hydrogen) atoms. The molecule has 1 atom stereocenters. The van der Waals surface area contributed by atoms with Crippen molar-refractivity contribution in [1.29, 1.82) is 0 Å². The van der Waals surface area contributed by atoms with E-state index in [1.807, 2.05) is 6.92 Å². The first-order chi connectivity index (χ1) is 12.5. The molecule has 1 saturated heterocycles. The number of likely N-dealkylation sites (N-methyl/N-ethyl adjacent to an activating group) is 1. The number of nitrogens with one attached hydrogen (secondary N) is 2. The first-order valence-corrected chi connectivity index (χ1v) is 9.95. The maximum absolute atomic E-state index is 4.79. The molecule has 1 aromatic rings. The average Bonchev–Trinajstić information content (AvgIpc) is 2.94. The molecule has 0 spiro atoms. The molecule has 0 amide bonds. The maximum atomic E-state index is 4.79. The first kappa shape index (κ1) is 24.2. The van der Waals surface area contributed by atoms with Crippen molar-refractivity contribution in [2.45, 2.75) is 46.7 Å². The van der Waals surface area contributed by atoms with Gasteiger partial charge in [0.1, 0.15) is 0 Å². The van der Waals surface area contributed by atoms with E-state index in [0.29, 0.717) is 6.04 Å². The highest BCUT2D eigenvalue weighted by atomic mass is 127. The molecule has 1 fully saturated rings. The highest BCUT2D eigenvalue weighted by molar-refractivity contribution is 14.0. The molecule has 8 heteroatoms. The molecule has 1 aromatic heterocycles. The number of aliphatic imine (C=N–C) groups is 1. The lowest BCUT2D eigenvalue weighted by molar-refractivity contribution is 0.122. The normalized spacial score (nSPS) is 17.4. The molecular weight excluding hydrogens is 453 g/mol. The summed E-state index contributed by atoms with van der Waals surface area (Å²) in [4.78, 5) is 9.72. The molecule has 2 N–H and O–H groups in total. The Bertz CT molecular complexity index is 564. The number of guanidine groups is 1. The summed E-state index contributed by atoms with van der Waals surface area (Å²) in [7, 11) is 2.19. The Hall–Kier alpha value is -0.870. The molecule has 2 rings (SSSR count). The van der Waals surface area contributed by atoms with Gasteiger partial charge in [-0.25, -0.2) is 0 Å². The van der Waals surface area contributed by atoms with Crippen LogP contribution in [0.1, 0.15) is 31.7 Å². The summed E-state index contributed by atoms with van der Waals surface area (Å²) in [5.41, 5.74) is 2.31. The summed E-state index contributed by atoms with van der Waals surface area (Å²) in [6.07, 6.45) is 1.03. The smallest absolute Gasteiger partial charge is 0.191 e. The third kappa shape index (κ3) is 8.35. The fourth-order valence-corrected chi connectivity index (χ4v) is 3.28. The van der Waals surface area contributed by atoms with Crippen molar-refractivity contribution in [1.82, 2.24) is 30.2 Å². The van der Waals surface area contributed by atoms with Crippen LogP contribution < -0.4 is 10.6 Å². The zero-order valence-corrected chi connectivity index (χ0v) is 20.0. The molecule has 0 radical (unpaired) electrons. The summed E-state index contributed by atoms with van der Waals surface area (Å²) < 4.78 is 2.08. The zero-order valence-electron chi connectivity index (χ0n) is 17.7. The number of aryl methyl sites for hydroxylation is 3. The second kappa shape index (κ2) is 12.6. The van der Waals surface area contributed by atoms with E-state index < -0.39 is 0 Å². The Labute approximate surface area is 182 Å². The Kier molecular flexibility index (Phi) is 11.2. The maximum Gasteiger partial charge on any atom is 0.191 e. The van der Waals surface area contributed by atoms with E-state index in [1.54, 1.807) is 0 Å². The Morgan fingerprint density at radius 1 is 1.22 bits per heavy atom. The Balaban J connectivity index is 0.00000364. The van der Waals surface area contributed by atoms with E-state index in [9.17, 15) is 0 Å². The van der Waals surface area contributed by atoms with Crippen LogP contribution in [0, 0.1) is 13.8 Å².